The van der Waals surface area contributed by atoms with Crippen LogP contribution in [-0.2, 0) is 0 Å². The van der Waals surface area contributed by atoms with Crippen molar-refractivity contribution in [2.45, 2.75) is 25.4 Å². The molecule has 2 fully saturated rings. The van der Waals surface area contributed by atoms with Gasteiger partial charge in [-0.25, -0.2) is 10.4 Å². The molecule has 2 aliphatic rings. The first kappa shape index (κ1) is 9.03. The van der Waals surface area contributed by atoms with Gasteiger partial charge in [-0.1, -0.05) is 6.42 Å². The Kier molecular flexibility index (Phi) is 3.22. The number of rotatable bonds is 0. The summed E-state index contributed by atoms with van der Waals surface area (Å²) in [7, 11) is 0. The van der Waals surface area contributed by atoms with E-state index in [-0.39, 0.29) is 31.1 Å². The molecule has 0 aromatic heterocycles. The largest absolute Gasteiger partial charge is 0.451 e. The summed E-state index contributed by atoms with van der Waals surface area (Å²) in [5, 5.41) is 0. The molecule has 1 nitrogen and oxygen atoms in total. The molecule has 0 aromatic rings. The Bertz CT molecular complexity index is 108. The van der Waals surface area contributed by atoms with Crippen LogP contribution in [0.4, 0.5) is 4.39 Å². The number of fused-ring (bicyclic) bond motifs is 1. The molecule has 0 radical (unpaired) electrons. The van der Waals surface area contributed by atoms with Gasteiger partial charge >= 0.3 is 0 Å². The maximum Gasteiger partial charge on any atom is 0.0849 e. The topological polar surface area (TPSA) is 3.24 Å². The third-order valence-electron chi connectivity index (χ3n) is 2.22. The van der Waals surface area contributed by atoms with Gasteiger partial charge in [-0.2, -0.15) is 6.42 Å². The first-order valence-electron chi connectivity index (χ1n) is 3.60. The normalized spacial score (nSPS) is 33.9. The number of hydrogen-bond donors (Lipinski definition) is 0. The summed E-state index contributed by atoms with van der Waals surface area (Å²) in [6.07, 6.45) is 2.57. The fourth-order valence-corrected chi connectivity index (χ4v) is 1.80. The van der Waals surface area contributed by atoms with Crippen molar-refractivity contribution in [3.05, 3.63) is 6.04 Å². The molecule has 0 bridgehead atoms. The standard InChI is InChI=1S/C7H11FN.U/c8-6-4-7-2-1-3-9(7)5-6;/h6H,1-5H2;/q-1;/t6-;/m1./s1. The number of alkyl halides is 1. The van der Waals surface area contributed by atoms with Gasteiger partial charge in [0.15, 0.2) is 0 Å². The third-order valence-corrected chi connectivity index (χ3v) is 2.22. The summed E-state index contributed by atoms with van der Waals surface area (Å²) in [5.74, 6) is 0. The van der Waals surface area contributed by atoms with Gasteiger partial charge in [-0.05, 0) is 13.1 Å². The van der Waals surface area contributed by atoms with Gasteiger partial charge in [0, 0.05) is 31.1 Å². The maximum absolute atomic E-state index is 12.6. The SMILES string of the molecule is F[C@@H]1C[C-]2CCCN2C1.[U]. The Morgan fingerprint density at radius 1 is 1.50 bits per heavy atom. The van der Waals surface area contributed by atoms with Crippen molar-refractivity contribution < 1.29 is 35.5 Å². The molecule has 0 aliphatic carbocycles. The molecule has 2 saturated heterocycles. The molecular weight excluding hydrogens is 355 g/mol. The van der Waals surface area contributed by atoms with Gasteiger partial charge in [-0.15, -0.1) is 6.42 Å². The average Bonchev–Trinajstić information content (AvgIpc) is 2.22. The van der Waals surface area contributed by atoms with Crippen molar-refractivity contribution in [3.63, 3.8) is 0 Å². The summed E-state index contributed by atoms with van der Waals surface area (Å²) in [6.45, 7) is 1.78. The predicted molar refractivity (Wildman–Crippen MR) is 33.6 cm³/mol. The molecule has 3 heteroatoms. The van der Waals surface area contributed by atoms with E-state index < -0.39 is 6.17 Å². The predicted octanol–water partition coefficient (Wildman–Crippen LogP) is 1.36. The molecule has 0 amide bonds. The van der Waals surface area contributed by atoms with Crippen LogP contribution in [0.15, 0.2) is 0 Å². The van der Waals surface area contributed by atoms with E-state index >= 15 is 0 Å². The summed E-state index contributed by atoms with van der Waals surface area (Å²) < 4.78 is 12.6. The Morgan fingerprint density at radius 3 is 3.00 bits per heavy atom. The van der Waals surface area contributed by atoms with E-state index in [1.54, 1.807) is 0 Å². The minimum Gasteiger partial charge on any atom is -0.451 e. The van der Waals surface area contributed by atoms with Crippen LogP contribution in [0.25, 0.3) is 0 Å². The first-order chi connectivity index (χ1) is 4.36. The molecule has 0 unspecified atom stereocenters. The monoisotopic (exact) mass is 366 g/mol. The Morgan fingerprint density at radius 2 is 2.30 bits per heavy atom. The Hall–Kier alpha value is 0.942. The molecule has 0 N–H and O–H groups in total. The van der Waals surface area contributed by atoms with Crippen LogP contribution in [0.1, 0.15) is 19.3 Å². The number of hydrogen-bond acceptors (Lipinski definition) is 1. The molecule has 0 spiro atoms. The zero-order valence-corrected chi connectivity index (χ0v) is 10.1. The van der Waals surface area contributed by atoms with Crippen molar-refractivity contribution >= 4 is 0 Å². The van der Waals surface area contributed by atoms with E-state index in [0.29, 0.717) is 6.54 Å². The fraction of sp³-hybridized carbons (Fsp3) is 0.857. The average molecular weight is 366 g/mol. The van der Waals surface area contributed by atoms with Crippen LogP contribution in [0.3, 0.4) is 0 Å². The van der Waals surface area contributed by atoms with Gasteiger partial charge < -0.3 is 4.90 Å². The van der Waals surface area contributed by atoms with Crippen LogP contribution in [-0.4, -0.2) is 24.2 Å². The summed E-state index contributed by atoms with van der Waals surface area (Å²) >= 11 is 0. The van der Waals surface area contributed by atoms with Crippen LogP contribution >= 0.6 is 0 Å². The Labute approximate surface area is 84.7 Å². The van der Waals surface area contributed by atoms with Crippen molar-refractivity contribution in [3.8, 4) is 0 Å². The van der Waals surface area contributed by atoms with Gasteiger partial charge in [0.25, 0.3) is 0 Å². The molecule has 0 saturated carbocycles. The zero-order valence-electron chi connectivity index (χ0n) is 5.94. The first-order valence-corrected chi connectivity index (χ1v) is 3.60. The van der Waals surface area contributed by atoms with Crippen molar-refractivity contribution in [1.29, 1.82) is 0 Å². The quantitative estimate of drug-likeness (QED) is 0.586. The Balaban J connectivity index is 0.000000500. The van der Waals surface area contributed by atoms with E-state index in [4.69, 9.17) is 0 Å². The number of nitrogens with zero attached hydrogens (tertiary/aromatic N) is 1. The third kappa shape index (κ3) is 1.57. The summed E-state index contributed by atoms with van der Waals surface area (Å²) in [5.41, 5.74) is 0. The fourth-order valence-electron chi connectivity index (χ4n) is 1.80. The van der Waals surface area contributed by atoms with Crippen molar-refractivity contribution in [2.24, 2.45) is 0 Å². The molecule has 56 valence electrons. The molecule has 1 atom stereocenters. The van der Waals surface area contributed by atoms with Gasteiger partial charge in [-0.3, -0.25) is 0 Å². The van der Waals surface area contributed by atoms with E-state index in [2.05, 4.69) is 4.90 Å². The molecule has 2 rings (SSSR count). The minimum absolute atomic E-state index is 0. The molecule has 2 aliphatic heterocycles. The smallest absolute Gasteiger partial charge is 0.0849 e. The second-order valence-corrected chi connectivity index (χ2v) is 2.92. The van der Waals surface area contributed by atoms with E-state index in [1.807, 2.05) is 0 Å². The second-order valence-electron chi connectivity index (χ2n) is 2.92. The van der Waals surface area contributed by atoms with Crippen LogP contribution in [0, 0.1) is 37.2 Å². The van der Waals surface area contributed by atoms with Gasteiger partial charge in [0.1, 0.15) is 0 Å². The van der Waals surface area contributed by atoms with Crippen LogP contribution in [0.2, 0.25) is 0 Å². The van der Waals surface area contributed by atoms with Gasteiger partial charge in [0.05, 0.1) is 6.17 Å². The van der Waals surface area contributed by atoms with E-state index in [1.165, 1.54) is 12.5 Å². The second kappa shape index (κ2) is 3.56. The van der Waals surface area contributed by atoms with Crippen molar-refractivity contribution in [1.82, 2.24) is 4.90 Å². The number of halogens is 1. The van der Waals surface area contributed by atoms with E-state index in [9.17, 15) is 4.39 Å². The van der Waals surface area contributed by atoms with E-state index in [0.717, 1.165) is 19.4 Å². The molecule has 2 heterocycles. The van der Waals surface area contributed by atoms with Crippen LogP contribution in [0.5, 0.6) is 0 Å². The maximum atomic E-state index is 12.6. The molecule has 0 aromatic carbocycles. The summed E-state index contributed by atoms with van der Waals surface area (Å²) in [6, 6.07) is 1.36. The molecule has 10 heavy (non-hydrogen) atoms. The summed E-state index contributed by atoms with van der Waals surface area (Å²) in [4.78, 5) is 2.20. The zero-order chi connectivity index (χ0) is 6.27. The molecular formula is C7H11FNU-. The van der Waals surface area contributed by atoms with Crippen LogP contribution < -0.4 is 0 Å². The van der Waals surface area contributed by atoms with Crippen molar-refractivity contribution in [2.75, 3.05) is 13.1 Å². The minimum atomic E-state index is -0.555. The van der Waals surface area contributed by atoms with Gasteiger partial charge in [0.2, 0.25) is 0 Å².